The van der Waals surface area contributed by atoms with Crippen LogP contribution in [0.5, 0.6) is 0 Å². The summed E-state index contributed by atoms with van der Waals surface area (Å²) in [6.45, 7) is 0.410. The predicted molar refractivity (Wildman–Crippen MR) is 79.5 cm³/mol. The van der Waals surface area contributed by atoms with E-state index in [4.69, 9.17) is 11.6 Å². The van der Waals surface area contributed by atoms with Gasteiger partial charge in [0.2, 0.25) is 11.8 Å². The molecule has 0 spiro atoms. The third kappa shape index (κ3) is 2.03. The summed E-state index contributed by atoms with van der Waals surface area (Å²) >= 11 is 6.22. The lowest BCUT2D eigenvalue weighted by molar-refractivity contribution is -0.136. The summed E-state index contributed by atoms with van der Waals surface area (Å²) in [4.78, 5) is 37.6. The average Bonchev–Trinajstić information content (AvgIpc) is 3.24. The molecule has 0 aromatic heterocycles. The van der Waals surface area contributed by atoms with Crippen molar-refractivity contribution in [3.8, 4) is 0 Å². The molecule has 1 saturated carbocycles. The summed E-state index contributed by atoms with van der Waals surface area (Å²) < 4.78 is 0. The third-order valence-corrected chi connectivity index (χ3v) is 5.02. The minimum atomic E-state index is -0.583. The van der Waals surface area contributed by atoms with Crippen molar-refractivity contribution in [2.24, 2.45) is 0 Å². The number of carbonyl (C=O) groups is 3. The van der Waals surface area contributed by atoms with E-state index in [0.29, 0.717) is 29.5 Å². The van der Waals surface area contributed by atoms with E-state index in [-0.39, 0.29) is 24.1 Å². The summed E-state index contributed by atoms with van der Waals surface area (Å²) in [6.07, 6.45) is 2.92. The number of nitrogens with one attached hydrogen (secondary N) is 1. The number of fused-ring (bicyclic) bond motifs is 1. The van der Waals surface area contributed by atoms with Gasteiger partial charge in [-0.2, -0.15) is 0 Å². The zero-order valence-electron chi connectivity index (χ0n) is 11.9. The highest BCUT2D eigenvalue weighted by Gasteiger charge is 2.42. The number of carbonyl (C=O) groups excluding carboxylic acids is 3. The molecule has 1 aliphatic carbocycles. The fourth-order valence-corrected chi connectivity index (χ4v) is 3.69. The number of hydrogen-bond donors (Lipinski definition) is 1. The van der Waals surface area contributed by atoms with Crippen LogP contribution in [0.15, 0.2) is 12.1 Å². The summed E-state index contributed by atoms with van der Waals surface area (Å²) in [5.74, 6) is -0.346. The first-order valence-corrected chi connectivity index (χ1v) is 7.90. The highest BCUT2D eigenvalue weighted by Crippen LogP contribution is 2.45. The second-order valence-corrected chi connectivity index (χ2v) is 6.57. The molecule has 1 saturated heterocycles. The Bertz CT molecular complexity index is 712. The molecule has 1 atom stereocenters. The van der Waals surface area contributed by atoms with E-state index >= 15 is 0 Å². The fraction of sp³-hybridized carbons (Fsp3) is 0.438. The first-order chi connectivity index (χ1) is 10.6. The molecule has 3 amide bonds. The highest BCUT2D eigenvalue weighted by molar-refractivity contribution is 6.34. The van der Waals surface area contributed by atoms with Crippen LogP contribution in [0.4, 0.5) is 0 Å². The molecule has 4 rings (SSSR count). The lowest BCUT2D eigenvalue weighted by Gasteiger charge is -2.29. The van der Waals surface area contributed by atoms with Gasteiger partial charge in [0.05, 0.1) is 10.6 Å². The first-order valence-electron chi connectivity index (χ1n) is 7.52. The van der Waals surface area contributed by atoms with Gasteiger partial charge in [0, 0.05) is 13.0 Å². The van der Waals surface area contributed by atoms with Crippen molar-refractivity contribution in [3.63, 3.8) is 0 Å². The summed E-state index contributed by atoms with van der Waals surface area (Å²) in [5.41, 5.74) is 2.68. The van der Waals surface area contributed by atoms with Gasteiger partial charge < -0.3 is 4.90 Å². The molecule has 6 heteroatoms. The molecular weight excluding hydrogens is 304 g/mol. The van der Waals surface area contributed by atoms with Crippen molar-refractivity contribution in [1.82, 2.24) is 10.2 Å². The molecule has 0 radical (unpaired) electrons. The zero-order valence-corrected chi connectivity index (χ0v) is 12.7. The Kier molecular flexibility index (Phi) is 3.01. The SMILES string of the molecule is O=C1CCC(N2Cc3c(C4CC4)ccc(Cl)c3C2=O)C(=O)N1. The fourth-order valence-electron chi connectivity index (χ4n) is 3.43. The number of nitrogens with zero attached hydrogens (tertiary/aromatic N) is 1. The number of piperidine rings is 1. The van der Waals surface area contributed by atoms with Gasteiger partial charge in [0.15, 0.2) is 0 Å². The van der Waals surface area contributed by atoms with Crippen LogP contribution in [-0.4, -0.2) is 28.7 Å². The number of halogens is 1. The number of amides is 3. The molecule has 1 unspecified atom stereocenters. The van der Waals surface area contributed by atoms with Crippen LogP contribution >= 0.6 is 11.6 Å². The monoisotopic (exact) mass is 318 g/mol. The normalized spacial score (nSPS) is 24.5. The van der Waals surface area contributed by atoms with E-state index in [1.165, 1.54) is 5.56 Å². The molecule has 2 fully saturated rings. The number of hydrogen-bond acceptors (Lipinski definition) is 3. The minimum absolute atomic E-state index is 0.197. The van der Waals surface area contributed by atoms with Crippen molar-refractivity contribution in [2.75, 3.05) is 0 Å². The topological polar surface area (TPSA) is 66.5 Å². The van der Waals surface area contributed by atoms with Gasteiger partial charge in [0.25, 0.3) is 5.91 Å². The molecule has 1 aromatic carbocycles. The van der Waals surface area contributed by atoms with E-state index < -0.39 is 6.04 Å². The highest BCUT2D eigenvalue weighted by atomic mass is 35.5. The van der Waals surface area contributed by atoms with Crippen LogP contribution in [0, 0.1) is 0 Å². The van der Waals surface area contributed by atoms with Gasteiger partial charge in [-0.05, 0) is 42.4 Å². The van der Waals surface area contributed by atoms with Crippen molar-refractivity contribution in [3.05, 3.63) is 33.8 Å². The van der Waals surface area contributed by atoms with E-state index in [9.17, 15) is 14.4 Å². The summed E-state index contributed by atoms with van der Waals surface area (Å²) in [7, 11) is 0. The maximum absolute atomic E-state index is 12.7. The molecule has 1 aromatic rings. The first kappa shape index (κ1) is 13.8. The van der Waals surface area contributed by atoms with Gasteiger partial charge >= 0.3 is 0 Å². The molecule has 0 bridgehead atoms. The lowest BCUT2D eigenvalue weighted by Crippen LogP contribution is -2.52. The summed E-state index contributed by atoms with van der Waals surface area (Å²) in [6, 6.07) is 3.20. The molecule has 114 valence electrons. The molecule has 22 heavy (non-hydrogen) atoms. The van der Waals surface area contributed by atoms with Gasteiger partial charge in [-0.3, -0.25) is 19.7 Å². The van der Waals surface area contributed by atoms with E-state index in [1.54, 1.807) is 11.0 Å². The maximum Gasteiger partial charge on any atom is 0.256 e. The molecule has 2 aliphatic heterocycles. The Morgan fingerprint density at radius 3 is 2.59 bits per heavy atom. The van der Waals surface area contributed by atoms with Crippen LogP contribution in [0.25, 0.3) is 0 Å². The lowest BCUT2D eigenvalue weighted by atomic mass is 10.00. The smallest absolute Gasteiger partial charge is 0.256 e. The number of imide groups is 1. The third-order valence-electron chi connectivity index (χ3n) is 4.70. The van der Waals surface area contributed by atoms with Gasteiger partial charge in [0.1, 0.15) is 6.04 Å². The molecular formula is C16H15ClN2O3. The van der Waals surface area contributed by atoms with Crippen molar-refractivity contribution >= 4 is 29.3 Å². The van der Waals surface area contributed by atoms with Crippen LogP contribution in [0.1, 0.15) is 53.1 Å². The van der Waals surface area contributed by atoms with E-state index in [0.717, 1.165) is 18.4 Å². The van der Waals surface area contributed by atoms with Gasteiger partial charge in [-0.1, -0.05) is 17.7 Å². The van der Waals surface area contributed by atoms with Gasteiger partial charge in [-0.25, -0.2) is 0 Å². The molecule has 3 aliphatic rings. The minimum Gasteiger partial charge on any atom is -0.322 e. The van der Waals surface area contributed by atoms with Gasteiger partial charge in [-0.15, -0.1) is 0 Å². The van der Waals surface area contributed by atoms with E-state index in [2.05, 4.69) is 5.32 Å². The molecule has 5 nitrogen and oxygen atoms in total. The second-order valence-electron chi connectivity index (χ2n) is 6.16. The Hall–Kier alpha value is -1.88. The Morgan fingerprint density at radius 2 is 1.91 bits per heavy atom. The quantitative estimate of drug-likeness (QED) is 0.848. The largest absolute Gasteiger partial charge is 0.322 e. The van der Waals surface area contributed by atoms with E-state index in [1.807, 2.05) is 6.07 Å². The van der Waals surface area contributed by atoms with Crippen molar-refractivity contribution in [1.29, 1.82) is 0 Å². The Morgan fingerprint density at radius 1 is 1.14 bits per heavy atom. The average molecular weight is 319 g/mol. The predicted octanol–water partition coefficient (Wildman–Crippen LogP) is 1.98. The standard InChI is InChI=1S/C16H15ClN2O3/c17-11-4-3-9(8-1-2-8)10-7-19(16(22)14(10)11)12-5-6-13(20)18-15(12)21/h3-4,8,12H,1-2,5-7H2,(H,18,20,21). The Labute approximate surface area is 132 Å². The Balaban J connectivity index is 1.69. The van der Waals surface area contributed by atoms with Crippen LogP contribution < -0.4 is 5.32 Å². The summed E-state index contributed by atoms with van der Waals surface area (Å²) in [5, 5.41) is 2.76. The number of rotatable bonds is 2. The van der Waals surface area contributed by atoms with Crippen molar-refractivity contribution in [2.45, 2.75) is 44.2 Å². The molecule has 2 heterocycles. The van der Waals surface area contributed by atoms with Crippen LogP contribution in [0.3, 0.4) is 0 Å². The van der Waals surface area contributed by atoms with Crippen molar-refractivity contribution < 1.29 is 14.4 Å². The molecule has 1 N–H and O–H groups in total. The zero-order chi connectivity index (χ0) is 15.4. The second kappa shape index (κ2) is 4.81. The van der Waals surface area contributed by atoms with Crippen LogP contribution in [-0.2, 0) is 16.1 Å². The number of benzene rings is 1. The maximum atomic E-state index is 12.7. The van der Waals surface area contributed by atoms with Crippen LogP contribution in [0.2, 0.25) is 5.02 Å².